The van der Waals surface area contributed by atoms with Gasteiger partial charge in [0.2, 0.25) is 0 Å². The Kier molecular flexibility index (Phi) is 3.36. The van der Waals surface area contributed by atoms with Gasteiger partial charge in [-0.3, -0.25) is 9.59 Å². The van der Waals surface area contributed by atoms with Crippen LogP contribution in [0.5, 0.6) is 0 Å². The van der Waals surface area contributed by atoms with Gasteiger partial charge in [0.05, 0.1) is 0 Å². The number of benzene rings is 1. The number of carbonyl (C=O) groups is 2. The van der Waals surface area contributed by atoms with Gasteiger partial charge >= 0.3 is 0 Å². The zero-order valence-electron chi connectivity index (χ0n) is 11.3. The zero-order valence-corrected chi connectivity index (χ0v) is 11.3. The van der Waals surface area contributed by atoms with Gasteiger partial charge in [0.25, 0.3) is 0 Å². The van der Waals surface area contributed by atoms with Crippen molar-refractivity contribution in [2.24, 2.45) is 0 Å². The van der Waals surface area contributed by atoms with Crippen LogP contribution in [0.1, 0.15) is 32.1 Å². The molecule has 0 spiro atoms. The van der Waals surface area contributed by atoms with Crippen molar-refractivity contribution in [3.63, 3.8) is 0 Å². The predicted molar refractivity (Wildman–Crippen MR) is 75.8 cm³/mol. The first-order chi connectivity index (χ1) is 10.6. The molecule has 0 saturated carbocycles. The molecule has 0 bridgehead atoms. The fourth-order valence-electron chi connectivity index (χ4n) is 2.36. The molecule has 0 aliphatic heterocycles. The Balaban J connectivity index is 1.96. The van der Waals surface area contributed by atoms with Crippen LogP contribution in [-0.2, 0) is 6.42 Å². The summed E-state index contributed by atoms with van der Waals surface area (Å²) in [6, 6.07) is 10.8. The SMILES string of the molecule is N#Cc1nc(CC2=CC(=O)c3ccccc3C2=O)ccc1F. The Hall–Kier alpha value is -3.13. The second kappa shape index (κ2) is 5.34. The minimum atomic E-state index is -0.711. The van der Waals surface area contributed by atoms with E-state index >= 15 is 0 Å². The molecular weight excluding hydrogens is 283 g/mol. The van der Waals surface area contributed by atoms with E-state index in [2.05, 4.69) is 4.98 Å². The summed E-state index contributed by atoms with van der Waals surface area (Å²) in [4.78, 5) is 28.3. The average Bonchev–Trinajstić information content (AvgIpc) is 2.54. The summed E-state index contributed by atoms with van der Waals surface area (Å²) < 4.78 is 13.3. The highest BCUT2D eigenvalue weighted by Gasteiger charge is 2.25. The number of nitrogens with zero attached hydrogens (tertiary/aromatic N) is 2. The highest BCUT2D eigenvalue weighted by Crippen LogP contribution is 2.23. The number of nitriles is 1. The van der Waals surface area contributed by atoms with Crippen molar-refractivity contribution in [3.8, 4) is 6.07 Å². The highest BCUT2D eigenvalue weighted by atomic mass is 19.1. The number of carbonyl (C=O) groups excluding carboxylic acids is 2. The van der Waals surface area contributed by atoms with Crippen LogP contribution >= 0.6 is 0 Å². The monoisotopic (exact) mass is 292 g/mol. The van der Waals surface area contributed by atoms with Gasteiger partial charge in [-0.15, -0.1) is 0 Å². The number of rotatable bonds is 2. The van der Waals surface area contributed by atoms with Gasteiger partial charge < -0.3 is 0 Å². The molecule has 106 valence electrons. The van der Waals surface area contributed by atoms with E-state index in [4.69, 9.17) is 5.26 Å². The van der Waals surface area contributed by atoms with Gasteiger partial charge in [0.15, 0.2) is 23.1 Å². The second-order valence-corrected chi connectivity index (χ2v) is 4.83. The van der Waals surface area contributed by atoms with E-state index in [1.165, 1.54) is 12.1 Å². The quantitative estimate of drug-likeness (QED) is 0.853. The van der Waals surface area contributed by atoms with E-state index in [1.54, 1.807) is 30.3 Å². The number of allylic oxidation sites excluding steroid dienone is 2. The lowest BCUT2D eigenvalue weighted by Crippen LogP contribution is -2.18. The van der Waals surface area contributed by atoms with Crippen molar-refractivity contribution >= 4 is 11.6 Å². The van der Waals surface area contributed by atoms with E-state index in [-0.39, 0.29) is 29.3 Å². The minimum absolute atomic E-state index is 0.0772. The summed E-state index contributed by atoms with van der Waals surface area (Å²) in [5.74, 6) is -1.20. The zero-order chi connectivity index (χ0) is 15.7. The lowest BCUT2D eigenvalue weighted by Gasteiger charge is -2.14. The van der Waals surface area contributed by atoms with E-state index in [0.29, 0.717) is 16.8 Å². The smallest absolute Gasteiger partial charge is 0.190 e. The maximum atomic E-state index is 13.3. The molecule has 1 aromatic carbocycles. The van der Waals surface area contributed by atoms with E-state index in [9.17, 15) is 14.0 Å². The first-order valence-electron chi connectivity index (χ1n) is 6.54. The Labute approximate surface area is 125 Å². The van der Waals surface area contributed by atoms with Gasteiger partial charge in [-0.2, -0.15) is 5.26 Å². The first kappa shape index (κ1) is 13.8. The molecule has 0 fully saturated rings. The van der Waals surface area contributed by atoms with Crippen LogP contribution in [0.2, 0.25) is 0 Å². The standard InChI is InChI=1S/C17H9FN2O2/c18-14-6-5-11(20-15(14)9-19)7-10-8-16(21)12-3-1-2-4-13(12)17(10)22/h1-6,8H,7H2. The Bertz CT molecular complexity index is 878. The van der Waals surface area contributed by atoms with Crippen molar-refractivity contribution in [3.05, 3.63) is 76.4 Å². The molecule has 0 N–H and O–H groups in total. The molecule has 5 heteroatoms. The van der Waals surface area contributed by atoms with Crippen LogP contribution in [0.15, 0.2) is 48.0 Å². The average molecular weight is 292 g/mol. The van der Waals surface area contributed by atoms with Crippen LogP contribution in [0.25, 0.3) is 0 Å². The largest absolute Gasteiger partial charge is 0.289 e. The van der Waals surface area contributed by atoms with Crippen LogP contribution in [0, 0.1) is 17.1 Å². The summed E-state index contributed by atoms with van der Waals surface area (Å²) in [6.45, 7) is 0. The van der Waals surface area contributed by atoms with E-state index in [1.807, 2.05) is 0 Å². The maximum absolute atomic E-state index is 13.3. The van der Waals surface area contributed by atoms with Crippen LogP contribution in [-0.4, -0.2) is 16.6 Å². The van der Waals surface area contributed by atoms with Crippen molar-refractivity contribution < 1.29 is 14.0 Å². The topological polar surface area (TPSA) is 70.8 Å². The fraction of sp³-hybridized carbons (Fsp3) is 0.0588. The predicted octanol–water partition coefficient (Wildman–Crippen LogP) is 2.64. The Morgan fingerprint density at radius 3 is 2.55 bits per heavy atom. The number of fused-ring (bicyclic) bond motifs is 1. The molecule has 3 rings (SSSR count). The lowest BCUT2D eigenvalue weighted by atomic mass is 9.87. The van der Waals surface area contributed by atoms with Crippen LogP contribution in [0.3, 0.4) is 0 Å². The van der Waals surface area contributed by atoms with Crippen molar-refractivity contribution in [2.45, 2.75) is 6.42 Å². The Morgan fingerprint density at radius 1 is 1.09 bits per heavy atom. The normalized spacial score (nSPS) is 13.4. The molecule has 0 saturated heterocycles. The molecule has 0 radical (unpaired) electrons. The summed E-state index contributed by atoms with van der Waals surface area (Å²) in [6.07, 6.45) is 1.36. The highest BCUT2D eigenvalue weighted by molar-refractivity contribution is 6.24. The number of hydrogen-bond donors (Lipinski definition) is 0. The molecule has 0 unspecified atom stereocenters. The van der Waals surface area contributed by atoms with Gasteiger partial charge in [-0.05, 0) is 18.2 Å². The summed E-state index contributed by atoms with van der Waals surface area (Å²) in [5, 5.41) is 8.78. The number of Topliss-reactive ketones (excluding diaryl/α,β-unsaturated/α-hetero) is 1. The molecule has 0 atom stereocenters. The van der Waals surface area contributed by atoms with Gasteiger partial charge in [-0.25, -0.2) is 9.37 Å². The van der Waals surface area contributed by atoms with Crippen molar-refractivity contribution in [1.82, 2.24) is 4.98 Å². The number of pyridine rings is 1. The third-order valence-corrected chi connectivity index (χ3v) is 3.42. The number of halogens is 1. The first-order valence-corrected chi connectivity index (χ1v) is 6.54. The third kappa shape index (κ3) is 2.31. The molecule has 1 aliphatic rings. The number of aromatic nitrogens is 1. The fourth-order valence-corrected chi connectivity index (χ4v) is 2.36. The van der Waals surface area contributed by atoms with Crippen LogP contribution in [0.4, 0.5) is 4.39 Å². The summed E-state index contributed by atoms with van der Waals surface area (Å²) in [5.41, 5.74) is 1.05. The van der Waals surface area contributed by atoms with Gasteiger partial charge in [0.1, 0.15) is 6.07 Å². The summed E-state index contributed by atoms with van der Waals surface area (Å²) >= 11 is 0. The van der Waals surface area contributed by atoms with Gasteiger partial charge in [0, 0.05) is 28.8 Å². The van der Waals surface area contributed by atoms with E-state index < -0.39 is 5.82 Å². The lowest BCUT2D eigenvalue weighted by molar-refractivity contribution is 0.0982. The molecule has 22 heavy (non-hydrogen) atoms. The molecule has 1 aromatic heterocycles. The maximum Gasteiger partial charge on any atom is 0.190 e. The molecular formula is C17H9FN2O2. The molecule has 4 nitrogen and oxygen atoms in total. The molecule has 2 aromatic rings. The second-order valence-electron chi connectivity index (χ2n) is 4.83. The minimum Gasteiger partial charge on any atom is -0.289 e. The van der Waals surface area contributed by atoms with Crippen LogP contribution < -0.4 is 0 Å². The molecule has 0 amide bonds. The Morgan fingerprint density at radius 2 is 1.82 bits per heavy atom. The molecule has 1 aliphatic carbocycles. The third-order valence-electron chi connectivity index (χ3n) is 3.42. The van der Waals surface area contributed by atoms with Crippen molar-refractivity contribution in [2.75, 3.05) is 0 Å². The number of hydrogen-bond acceptors (Lipinski definition) is 4. The molecule has 1 heterocycles. The number of ketones is 2. The van der Waals surface area contributed by atoms with Crippen molar-refractivity contribution in [1.29, 1.82) is 5.26 Å². The summed E-state index contributed by atoms with van der Waals surface area (Å²) in [7, 11) is 0. The van der Waals surface area contributed by atoms with Gasteiger partial charge in [-0.1, -0.05) is 24.3 Å². The van der Waals surface area contributed by atoms with E-state index in [0.717, 1.165) is 6.07 Å².